The molecule has 0 aromatic rings. The van der Waals surface area contributed by atoms with Gasteiger partial charge in [-0.2, -0.15) is 0 Å². The minimum atomic E-state index is 0.746. The standard InChI is InChI=1S/C17H30N2/c1-14(2)16-7-5-15(6-8-16)13-19(4)17-9-11-18(3)12-10-17/h5,16-17H,1,6-13H2,2-4H3/p+2/t16-/m1/s1. The summed E-state index contributed by atoms with van der Waals surface area (Å²) >= 11 is 0. The molecule has 0 bridgehead atoms. The highest BCUT2D eigenvalue weighted by Gasteiger charge is 2.27. The van der Waals surface area contributed by atoms with Crippen molar-refractivity contribution in [2.24, 2.45) is 5.92 Å². The molecule has 1 saturated heterocycles. The molecule has 0 radical (unpaired) electrons. The predicted octanol–water partition coefficient (Wildman–Crippen LogP) is 0.481. The summed E-state index contributed by atoms with van der Waals surface area (Å²) in [6.07, 6.45) is 9.17. The predicted molar refractivity (Wildman–Crippen MR) is 81.6 cm³/mol. The molecule has 2 N–H and O–H groups in total. The van der Waals surface area contributed by atoms with Crippen LogP contribution in [0, 0.1) is 5.92 Å². The Kier molecular flexibility index (Phi) is 5.23. The molecule has 2 aliphatic rings. The van der Waals surface area contributed by atoms with E-state index in [1.165, 1.54) is 57.3 Å². The van der Waals surface area contributed by atoms with Gasteiger partial charge >= 0.3 is 0 Å². The van der Waals surface area contributed by atoms with Crippen LogP contribution >= 0.6 is 0 Å². The normalized spacial score (nSPS) is 33.6. The summed E-state index contributed by atoms with van der Waals surface area (Å²) in [6, 6.07) is 0.892. The minimum absolute atomic E-state index is 0.746. The Hall–Kier alpha value is -0.600. The summed E-state index contributed by atoms with van der Waals surface area (Å²) in [7, 11) is 4.73. The quantitative estimate of drug-likeness (QED) is 0.684. The maximum absolute atomic E-state index is 4.11. The maximum Gasteiger partial charge on any atom is 0.0987 e. The van der Waals surface area contributed by atoms with Gasteiger partial charge in [0, 0.05) is 12.8 Å². The van der Waals surface area contributed by atoms with Crippen LogP contribution < -0.4 is 9.80 Å². The zero-order chi connectivity index (χ0) is 13.8. The molecule has 0 aromatic heterocycles. The second-order valence-corrected chi connectivity index (χ2v) is 6.93. The lowest BCUT2D eigenvalue weighted by Crippen LogP contribution is -3.18. The summed E-state index contributed by atoms with van der Waals surface area (Å²) in [5.41, 5.74) is 3.07. The van der Waals surface area contributed by atoms with E-state index in [0.29, 0.717) is 0 Å². The van der Waals surface area contributed by atoms with Crippen molar-refractivity contribution in [2.75, 3.05) is 33.7 Å². The fourth-order valence-electron chi connectivity index (χ4n) is 3.60. The van der Waals surface area contributed by atoms with Crippen molar-refractivity contribution in [1.82, 2.24) is 0 Å². The first kappa shape index (κ1) is 14.8. The molecule has 1 heterocycles. The summed E-state index contributed by atoms with van der Waals surface area (Å²) < 4.78 is 0. The highest BCUT2D eigenvalue weighted by Crippen LogP contribution is 2.27. The first-order valence-electron chi connectivity index (χ1n) is 8.03. The Morgan fingerprint density at radius 1 is 1.37 bits per heavy atom. The van der Waals surface area contributed by atoms with Gasteiger partial charge in [0.2, 0.25) is 0 Å². The third-order valence-corrected chi connectivity index (χ3v) is 5.24. The smallest absolute Gasteiger partial charge is 0.0987 e. The number of nitrogens with one attached hydrogen (secondary N) is 2. The van der Waals surface area contributed by atoms with Gasteiger partial charge in [0.25, 0.3) is 0 Å². The molecule has 1 fully saturated rings. The number of rotatable bonds is 4. The van der Waals surface area contributed by atoms with Crippen LogP contribution in [0.3, 0.4) is 0 Å². The van der Waals surface area contributed by atoms with Gasteiger partial charge in [-0.1, -0.05) is 18.2 Å². The number of hydrogen-bond acceptors (Lipinski definition) is 0. The van der Waals surface area contributed by atoms with E-state index in [0.717, 1.165) is 12.0 Å². The Bertz CT molecular complexity index is 337. The lowest BCUT2D eigenvalue weighted by Gasteiger charge is -2.32. The van der Waals surface area contributed by atoms with E-state index in [1.807, 2.05) is 0 Å². The summed E-state index contributed by atoms with van der Waals surface area (Å²) in [5, 5.41) is 0. The van der Waals surface area contributed by atoms with Crippen molar-refractivity contribution < 1.29 is 9.80 Å². The third kappa shape index (κ3) is 4.19. The van der Waals surface area contributed by atoms with Crippen LogP contribution in [-0.4, -0.2) is 39.8 Å². The van der Waals surface area contributed by atoms with E-state index in [4.69, 9.17) is 0 Å². The number of quaternary nitrogens is 2. The number of likely N-dealkylation sites (tertiary alicyclic amines) is 1. The lowest BCUT2D eigenvalue weighted by molar-refractivity contribution is -0.937. The molecule has 1 aliphatic carbocycles. The SMILES string of the molecule is C=C(C)[C@@H]1CC=C(C[NH+](C)C2CC[NH+](C)CC2)CC1. The molecule has 0 spiro atoms. The van der Waals surface area contributed by atoms with Crippen LogP contribution in [0.1, 0.15) is 39.0 Å². The number of hydrogen-bond donors (Lipinski definition) is 2. The van der Waals surface area contributed by atoms with Crippen molar-refractivity contribution in [1.29, 1.82) is 0 Å². The van der Waals surface area contributed by atoms with Crippen molar-refractivity contribution >= 4 is 0 Å². The largest absolute Gasteiger partial charge is 0.337 e. The van der Waals surface area contributed by atoms with Gasteiger partial charge in [0.15, 0.2) is 0 Å². The zero-order valence-corrected chi connectivity index (χ0v) is 13.1. The van der Waals surface area contributed by atoms with Crippen LogP contribution in [0.15, 0.2) is 23.8 Å². The first-order chi connectivity index (χ1) is 9.06. The average molecular weight is 264 g/mol. The van der Waals surface area contributed by atoms with Gasteiger partial charge in [0.05, 0.1) is 39.8 Å². The van der Waals surface area contributed by atoms with Gasteiger partial charge in [-0.3, -0.25) is 0 Å². The highest BCUT2D eigenvalue weighted by atomic mass is 15.2. The Labute approximate surface area is 119 Å². The van der Waals surface area contributed by atoms with E-state index in [9.17, 15) is 0 Å². The molecule has 2 nitrogen and oxygen atoms in total. The van der Waals surface area contributed by atoms with Crippen LogP contribution in [-0.2, 0) is 0 Å². The molecule has 2 atom stereocenters. The molecule has 1 aliphatic heterocycles. The van der Waals surface area contributed by atoms with E-state index in [2.05, 4.69) is 33.7 Å². The van der Waals surface area contributed by atoms with E-state index in [-0.39, 0.29) is 0 Å². The minimum Gasteiger partial charge on any atom is -0.337 e. The van der Waals surface area contributed by atoms with Crippen molar-refractivity contribution in [2.45, 2.75) is 45.1 Å². The Morgan fingerprint density at radius 2 is 2.05 bits per heavy atom. The fourth-order valence-corrected chi connectivity index (χ4v) is 3.60. The van der Waals surface area contributed by atoms with E-state index in [1.54, 1.807) is 15.4 Å². The molecule has 108 valence electrons. The van der Waals surface area contributed by atoms with E-state index >= 15 is 0 Å². The van der Waals surface area contributed by atoms with Gasteiger partial charge in [-0.15, -0.1) is 0 Å². The summed E-state index contributed by atoms with van der Waals surface area (Å²) in [6.45, 7) is 10.3. The molecule has 0 saturated carbocycles. The summed E-state index contributed by atoms with van der Waals surface area (Å²) in [5.74, 6) is 0.746. The highest BCUT2D eigenvalue weighted by molar-refractivity contribution is 5.12. The van der Waals surface area contributed by atoms with Crippen molar-refractivity contribution in [3.05, 3.63) is 23.8 Å². The first-order valence-corrected chi connectivity index (χ1v) is 8.03. The molecular weight excluding hydrogens is 232 g/mol. The average Bonchev–Trinajstić information content (AvgIpc) is 2.40. The van der Waals surface area contributed by atoms with Crippen molar-refractivity contribution in [3.8, 4) is 0 Å². The van der Waals surface area contributed by atoms with Gasteiger partial charge in [-0.05, 0) is 37.7 Å². The van der Waals surface area contributed by atoms with Gasteiger partial charge in [0.1, 0.15) is 0 Å². The summed E-state index contributed by atoms with van der Waals surface area (Å²) in [4.78, 5) is 3.46. The number of piperidine rings is 1. The van der Waals surface area contributed by atoms with Crippen LogP contribution in [0.2, 0.25) is 0 Å². The van der Waals surface area contributed by atoms with Crippen molar-refractivity contribution in [3.63, 3.8) is 0 Å². The second kappa shape index (κ2) is 6.71. The maximum atomic E-state index is 4.11. The molecule has 0 amide bonds. The molecule has 2 heteroatoms. The topological polar surface area (TPSA) is 8.88 Å². The van der Waals surface area contributed by atoms with Gasteiger partial charge < -0.3 is 9.80 Å². The Balaban J connectivity index is 1.80. The molecule has 2 rings (SSSR count). The van der Waals surface area contributed by atoms with Crippen LogP contribution in [0.4, 0.5) is 0 Å². The molecule has 1 unspecified atom stereocenters. The third-order valence-electron chi connectivity index (χ3n) is 5.24. The van der Waals surface area contributed by atoms with Gasteiger partial charge in [-0.25, -0.2) is 0 Å². The fraction of sp³-hybridized carbons (Fsp3) is 0.765. The van der Waals surface area contributed by atoms with Crippen LogP contribution in [0.25, 0.3) is 0 Å². The number of allylic oxidation sites excluding steroid dienone is 2. The number of likely N-dealkylation sites (N-methyl/N-ethyl adjacent to an activating group) is 1. The van der Waals surface area contributed by atoms with E-state index < -0.39 is 0 Å². The molecule has 19 heavy (non-hydrogen) atoms. The molecular formula is C17H32N2+2. The zero-order valence-electron chi connectivity index (χ0n) is 13.1. The second-order valence-electron chi connectivity index (χ2n) is 6.93. The lowest BCUT2D eigenvalue weighted by atomic mass is 9.85. The Morgan fingerprint density at radius 3 is 2.58 bits per heavy atom. The monoisotopic (exact) mass is 264 g/mol. The molecule has 0 aromatic carbocycles. The van der Waals surface area contributed by atoms with Crippen LogP contribution in [0.5, 0.6) is 0 Å².